The average Bonchev–Trinajstić information content (AvgIpc) is 2.52. The second-order valence-corrected chi connectivity index (χ2v) is 4.45. The molecule has 0 atom stereocenters. The van der Waals surface area contributed by atoms with E-state index in [0.717, 1.165) is 23.4 Å². The SMILES string of the molecule is CCc1cccc2sc(C)[n+](C=O)c12. The molecule has 2 aromatic rings. The third-order valence-corrected chi connectivity index (χ3v) is 3.45. The first kappa shape index (κ1) is 9.34. The van der Waals surface area contributed by atoms with Gasteiger partial charge in [0.1, 0.15) is 4.70 Å². The van der Waals surface area contributed by atoms with E-state index in [1.807, 2.05) is 13.0 Å². The Hall–Kier alpha value is -1.22. The van der Waals surface area contributed by atoms with Gasteiger partial charge in [-0.1, -0.05) is 30.4 Å². The van der Waals surface area contributed by atoms with Crippen LogP contribution in [0.2, 0.25) is 0 Å². The van der Waals surface area contributed by atoms with E-state index >= 15 is 0 Å². The molecule has 0 amide bonds. The molecule has 0 radical (unpaired) electrons. The highest BCUT2D eigenvalue weighted by atomic mass is 32.1. The Kier molecular flexibility index (Phi) is 2.33. The fourth-order valence-electron chi connectivity index (χ4n) is 1.70. The molecule has 0 unspecified atom stereocenters. The monoisotopic (exact) mass is 206 g/mol. The predicted molar refractivity (Wildman–Crippen MR) is 58.3 cm³/mol. The number of carbonyl (C=O) groups is 1. The van der Waals surface area contributed by atoms with Crippen LogP contribution in [0.15, 0.2) is 18.2 Å². The molecule has 0 saturated carbocycles. The molecule has 2 nitrogen and oxygen atoms in total. The lowest BCUT2D eigenvalue weighted by Gasteiger charge is -1.93. The largest absolute Gasteiger partial charge is 0.381 e. The van der Waals surface area contributed by atoms with Crippen molar-refractivity contribution in [3.05, 3.63) is 28.8 Å². The topological polar surface area (TPSA) is 20.9 Å². The molecule has 0 bridgehead atoms. The van der Waals surface area contributed by atoms with Gasteiger partial charge in [0.15, 0.2) is 0 Å². The number of hydrogen-bond acceptors (Lipinski definition) is 2. The zero-order valence-corrected chi connectivity index (χ0v) is 9.10. The number of nitrogens with zero attached hydrogens (tertiary/aromatic N) is 1. The Morgan fingerprint density at radius 2 is 2.29 bits per heavy atom. The molecule has 0 aliphatic heterocycles. The van der Waals surface area contributed by atoms with Crippen molar-refractivity contribution in [1.29, 1.82) is 0 Å². The maximum atomic E-state index is 10.9. The van der Waals surface area contributed by atoms with Crippen LogP contribution < -0.4 is 4.57 Å². The van der Waals surface area contributed by atoms with Crippen LogP contribution in [0.3, 0.4) is 0 Å². The lowest BCUT2D eigenvalue weighted by molar-refractivity contribution is -0.525. The highest BCUT2D eigenvalue weighted by Gasteiger charge is 2.18. The number of thiazole rings is 1. The van der Waals surface area contributed by atoms with Crippen LogP contribution in [0.4, 0.5) is 0 Å². The number of rotatable bonds is 2. The van der Waals surface area contributed by atoms with Gasteiger partial charge in [-0.15, -0.1) is 4.57 Å². The first-order chi connectivity index (χ1) is 6.77. The van der Waals surface area contributed by atoms with Crippen molar-refractivity contribution < 1.29 is 9.36 Å². The molecule has 0 fully saturated rings. The van der Waals surface area contributed by atoms with Gasteiger partial charge in [-0.3, -0.25) is 0 Å². The van der Waals surface area contributed by atoms with Gasteiger partial charge in [0.2, 0.25) is 10.5 Å². The van der Waals surface area contributed by atoms with Gasteiger partial charge in [-0.05, 0) is 12.5 Å². The highest BCUT2D eigenvalue weighted by Crippen LogP contribution is 2.22. The number of fused-ring (bicyclic) bond motifs is 1. The lowest BCUT2D eigenvalue weighted by Crippen LogP contribution is -2.34. The molecule has 0 N–H and O–H groups in total. The Morgan fingerprint density at radius 3 is 2.93 bits per heavy atom. The van der Waals surface area contributed by atoms with E-state index in [1.54, 1.807) is 15.9 Å². The van der Waals surface area contributed by atoms with Crippen LogP contribution in [0.5, 0.6) is 0 Å². The smallest absolute Gasteiger partial charge is 0.222 e. The second-order valence-electron chi connectivity index (χ2n) is 3.21. The zero-order valence-electron chi connectivity index (χ0n) is 8.28. The molecule has 2 rings (SSSR count). The fraction of sp³-hybridized carbons (Fsp3) is 0.273. The van der Waals surface area contributed by atoms with Gasteiger partial charge in [0.05, 0.1) is 0 Å². The maximum absolute atomic E-state index is 10.9. The van der Waals surface area contributed by atoms with Crippen LogP contribution in [0.1, 0.15) is 17.5 Å². The molecular weight excluding hydrogens is 194 g/mol. The molecule has 72 valence electrons. The molecule has 1 aromatic carbocycles. The lowest BCUT2D eigenvalue weighted by atomic mass is 10.1. The summed E-state index contributed by atoms with van der Waals surface area (Å²) in [6.07, 6.45) is 1.86. The van der Waals surface area contributed by atoms with Crippen LogP contribution >= 0.6 is 11.3 Å². The standard InChI is InChI=1S/C11H12NOS/c1-3-9-5-4-6-10-11(9)12(7-13)8(2)14-10/h4-7H,3H2,1-2H3/q+1. The molecular formula is C11H12NOS+. The number of carbonyl (C=O) groups excluding carboxylic acids is 1. The van der Waals surface area contributed by atoms with Gasteiger partial charge in [0, 0.05) is 12.5 Å². The summed E-state index contributed by atoms with van der Waals surface area (Å²) < 4.78 is 2.92. The number of hydrogen-bond donors (Lipinski definition) is 0. The minimum atomic E-state index is 0.896. The summed E-state index contributed by atoms with van der Waals surface area (Å²) in [5.74, 6) is 0. The van der Waals surface area contributed by atoms with Crippen molar-refractivity contribution in [2.75, 3.05) is 0 Å². The van der Waals surface area contributed by atoms with Crippen molar-refractivity contribution >= 4 is 28.0 Å². The van der Waals surface area contributed by atoms with Crippen molar-refractivity contribution in [1.82, 2.24) is 0 Å². The summed E-state index contributed by atoms with van der Waals surface area (Å²) >= 11 is 1.66. The number of aryl methyl sites for hydroxylation is 2. The summed E-state index contributed by atoms with van der Waals surface area (Å²) in [7, 11) is 0. The molecule has 3 heteroatoms. The summed E-state index contributed by atoms with van der Waals surface area (Å²) in [6.45, 7) is 4.08. The minimum absolute atomic E-state index is 0.896. The average molecular weight is 206 g/mol. The van der Waals surface area contributed by atoms with Crippen molar-refractivity contribution in [3.8, 4) is 0 Å². The number of benzene rings is 1. The summed E-state index contributed by atoms with van der Waals surface area (Å²) in [5.41, 5.74) is 2.31. The third kappa shape index (κ3) is 1.24. The Morgan fingerprint density at radius 1 is 1.50 bits per heavy atom. The van der Waals surface area contributed by atoms with Crippen LogP contribution in [-0.2, 0) is 11.2 Å². The van der Waals surface area contributed by atoms with Crippen LogP contribution in [-0.4, -0.2) is 6.41 Å². The van der Waals surface area contributed by atoms with Gasteiger partial charge in [-0.2, -0.15) is 0 Å². The summed E-state index contributed by atoms with van der Waals surface area (Å²) in [6, 6.07) is 6.19. The van der Waals surface area contributed by atoms with E-state index in [-0.39, 0.29) is 0 Å². The maximum Gasteiger partial charge on any atom is 0.381 e. The van der Waals surface area contributed by atoms with Crippen molar-refractivity contribution in [2.24, 2.45) is 0 Å². The van der Waals surface area contributed by atoms with Crippen molar-refractivity contribution in [3.63, 3.8) is 0 Å². The van der Waals surface area contributed by atoms with Crippen molar-refractivity contribution in [2.45, 2.75) is 20.3 Å². The number of aromatic nitrogens is 1. The normalized spacial score (nSPS) is 10.7. The van der Waals surface area contributed by atoms with Crippen LogP contribution in [0.25, 0.3) is 10.2 Å². The first-order valence-corrected chi connectivity index (χ1v) is 5.47. The quantitative estimate of drug-likeness (QED) is 0.544. The first-order valence-electron chi connectivity index (χ1n) is 4.65. The van der Waals surface area contributed by atoms with E-state index in [1.165, 1.54) is 10.3 Å². The van der Waals surface area contributed by atoms with E-state index in [9.17, 15) is 4.79 Å². The Balaban J connectivity index is 2.89. The molecule has 0 spiro atoms. The van der Waals surface area contributed by atoms with Gasteiger partial charge >= 0.3 is 6.41 Å². The number of para-hydroxylation sites is 1. The van der Waals surface area contributed by atoms with Gasteiger partial charge < -0.3 is 0 Å². The predicted octanol–water partition coefficient (Wildman–Crippen LogP) is 2.10. The summed E-state index contributed by atoms with van der Waals surface area (Å²) in [5, 5.41) is 1.04. The minimum Gasteiger partial charge on any atom is -0.222 e. The van der Waals surface area contributed by atoms with Gasteiger partial charge in [0.25, 0.3) is 0 Å². The Bertz CT molecular complexity index is 487. The van der Waals surface area contributed by atoms with E-state index in [0.29, 0.717) is 0 Å². The zero-order chi connectivity index (χ0) is 10.1. The molecule has 14 heavy (non-hydrogen) atoms. The fourth-order valence-corrected chi connectivity index (χ4v) is 2.73. The van der Waals surface area contributed by atoms with E-state index in [4.69, 9.17) is 0 Å². The highest BCUT2D eigenvalue weighted by molar-refractivity contribution is 7.18. The molecule has 1 aromatic heterocycles. The Labute approximate surface area is 86.8 Å². The van der Waals surface area contributed by atoms with Crippen LogP contribution in [0, 0.1) is 6.92 Å². The van der Waals surface area contributed by atoms with Gasteiger partial charge in [-0.25, -0.2) is 4.79 Å². The summed E-state index contributed by atoms with van der Waals surface area (Å²) in [4.78, 5) is 10.9. The van der Waals surface area contributed by atoms with E-state index in [2.05, 4.69) is 19.1 Å². The second kappa shape index (κ2) is 3.50. The molecule has 0 aliphatic rings. The molecule has 1 heterocycles. The third-order valence-electron chi connectivity index (χ3n) is 2.41. The molecule has 0 saturated heterocycles. The molecule has 0 aliphatic carbocycles. The van der Waals surface area contributed by atoms with E-state index < -0.39 is 0 Å².